The summed E-state index contributed by atoms with van der Waals surface area (Å²) in [6, 6.07) is 7.77. The van der Waals surface area contributed by atoms with Crippen LogP contribution in [0.3, 0.4) is 0 Å². The van der Waals surface area contributed by atoms with E-state index in [0.717, 1.165) is 35.7 Å². The van der Waals surface area contributed by atoms with Gasteiger partial charge in [-0.25, -0.2) is 0 Å². The van der Waals surface area contributed by atoms with Crippen LogP contribution in [0.1, 0.15) is 44.3 Å². The first-order chi connectivity index (χ1) is 8.98. The fourth-order valence-corrected chi connectivity index (χ4v) is 3.44. The lowest BCUT2D eigenvalue weighted by Gasteiger charge is -2.38. The molecule has 0 heterocycles. The SMILES string of the molecule is CC1CCCC(C#N)(C(O)c2ccc(Br)c(Cl)c2)C1. The van der Waals surface area contributed by atoms with Crippen molar-refractivity contribution in [2.24, 2.45) is 11.3 Å². The summed E-state index contributed by atoms with van der Waals surface area (Å²) in [5.41, 5.74) is 0.0540. The number of halogens is 2. The molecule has 102 valence electrons. The Morgan fingerprint density at radius 1 is 1.58 bits per heavy atom. The minimum Gasteiger partial charge on any atom is -0.387 e. The maximum Gasteiger partial charge on any atom is 0.0976 e. The maximum absolute atomic E-state index is 10.6. The number of rotatable bonds is 2. The molecule has 0 saturated heterocycles. The van der Waals surface area contributed by atoms with Gasteiger partial charge in [0.25, 0.3) is 0 Å². The Morgan fingerprint density at radius 3 is 2.89 bits per heavy atom. The van der Waals surface area contributed by atoms with Crippen LogP contribution in [-0.2, 0) is 0 Å². The van der Waals surface area contributed by atoms with Crippen molar-refractivity contribution in [1.82, 2.24) is 0 Å². The van der Waals surface area contributed by atoms with Crippen LogP contribution < -0.4 is 0 Å². The molecule has 3 atom stereocenters. The van der Waals surface area contributed by atoms with E-state index >= 15 is 0 Å². The Balaban J connectivity index is 2.32. The zero-order valence-electron chi connectivity index (χ0n) is 10.9. The molecular formula is C15H17BrClNO. The Labute approximate surface area is 127 Å². The number of nitrogens with zero attached hydrogens (tertiary/aromatic N) is 1. The molecule has 1 aromatic rings. The normalized spacial score (nSPS) is 28.7. The second-order valence-electron chi connectivity index (χ2n) is 5.55. The molecule has 1 N–H and O–H groups in total. The van der Waals surface area contributed by atoms with Crippen molar-refractivity contribution in [3.05, 3.63) is 33.3 Å². The number of aliphatic hydroxyl groups is 1. The molecule has 0 bridgehead atoms. The monoisotopic (exact) mass is 341 g/mol. The molecule has 1 aliphatic rings. The molecule has 1 fully saturated rings. The van der Waals surface area contributed by atoms with Gasteiger partial charge < -0.3 is 5.11 Å². The zero-order valence-corrected chi connectivity index (χ0v) is 13.2. The van der Waals surface area contributed by atoms with Crippen LogP contribution in [0.4, 0.5) is 0 Å². The topological polar surface area (TPSA) is 44.0 Å². The van der Waals surface area contributed by atoms with Crippen LogP contribution in [0.2, 0.25) is 5.02 Å². The first kappa shape index (κ1) is 14.8. The van der Waals surface area contributed by atoms with Gasteiger partial charge in [-0.1, -0.05) is 37.4 Å². The fraction of sp³-hybridized carbons (Fsp3) is 0.533. The van der Waals surface area contributed by atoms with E-state index in [1.54, 1.807) is 6.07 Å². The van der Waals surface area contributed by atoms with Crippen LogP contribution in [0, 0.1) is 22.7 Å². The Bertz CT molecular complexity index is 513. The number of nitriles is 1. The molecular weight excluding hydrogens is 326 g/mol. The summed E-state index contributed by atoms with van der Waals surface area (Å²) in [4.78, 5) is 0. The number of hydrogen-bond donors (Lipinski definition) is 1. The van der Waals surface area contributed by atoms with E-state index < -0.39 is 11.5 Å². The standard InChI is InChI=1S/C15H17BrClNO/c1-10-3-2-6-15(8-10,9-18)14(19)11-4-5-12(16)13(17)7-11/h4-5,7,10,14,19H,2-3,6,8H2,1H3. The van der Waals surface area contributed by atoms with E-state index in [1.807, 2.05) is 12.1 Å². The van der Waals surface area contributed by atoms with E-state index in [9.17, 15) is 10.4 Å². The molecule has 19 heavy (non-hydrogen) atoms. The van der Waals surface area contributed by atoms with Gasteiger partial charge in [0.15, 0.2) is 0 Å². The van der Waals surface area contributed by atoms with E-state index in [0.29, 0.717) is 10.9 Å². The predicted octanol–water partition coefficient (Wildman–Crippen LogP) is 4.86. The third-order valence-electron chi connectivity index (χ3n) is 4.04. The second-order valence-corrected chi connectivity index (χ2v) is 6.81. The van der Waals surface area contributed by atoms with Crippen molar-refractivity contribution < 1.29 is 5.11 Å². The predicted molar refractivity (Wildman–Crippen MR) is 79.8 cm³/mol. The third kappa shape index (κ3) is 2.97. The van der Waals surface area contributed by atoms with Crippen LogP contribution in [0.5, 0.6) is 0 Å². The zero-order chi connectivity index (χ0) is 14.0. The summed E-state index contributed by atoms with van der Waals surface area (Å²) in [7, 11) is 0. The molecule has 1 saturated carbocycles. The van der Waals surface area contributed by atoms with Crippen LogP contribution in [-0.4, -0.2) is 5.11 Å². The first-order valence-corrected chi connectivity index (χ1v) is 7.70. The van der Waals surface area contributed by atoms with Crippen molar-refractivity contribution in [3.63, 3.8) is 0 Å². The molecule has 2 nitrogen and oxygen atoms in total. The molecule has 0 spiro atoms. The average Bonchev–Trinajstić information content (AvgIpc) is 2.41. The molecule has 0 aliphatic heterocycles. The number of hydrogen-bond acceptors (Lipinski definition) is 2. The van der Waals surface area contributed by atoms with Crippen molar-refractivity contribution >= 4 is 27.5 Å². The quantitative estimate of drug-likeness (QED) is 0.834. The first-order valence-electron chi connectivity index (χ1n) is 6.53. The van der Waals surface area contributed by atoms with Crippen molar-refractivity contribution in [3.8, 4) is 6.07 Å². The number of benzene rings is 1. The van der Waals surface area contributed by atoms with E-state index in [4.69, 9.17) is 11.6 Å². The molecule has 0 aromatic heterocycles. The van der Waals surface area contributed by atoms with Gasteiger partial charge in [-0.2, -0.15) is 5.26 Å². The van der Waals surface area contributed by atoms with E-state index in [-0.39, 0.29) is 0 Å². The lowest BCUT2D eigenvalue weighted by Crippen LogP contribution is -2.32. The van der Waals surface area contributed by atoms with E-state index in [2.05, 4.69) is 28.9 Å². The van der Waals surface area contributed by atoms with Gasteiger partial charge in [0.1, 0.15) is 0 Å². The van der Waals surface area contributed by atoms with Gasteiger partial charge in [0, 0.05) is 4.47 Å². The van der Waals surface area contributed by atoms with Gasteiger partial charge in [0.05, 0.1) is 22.6 Å². The Morgan fingerprint density at radius 2 is 2.32 bits per heavy atom. The largest absolute Gasteiger partial charge is 0.387 e. The highest BCUT2D eigenvalue weighted by Crippen LogP contribution is 2.48. The van der Waals surface area contributed by atoms with Gasteiger partial charge in [-0.05, 0) is 52.4 Å². The number of aliphatic hydroxyl groups excluding tert-OH is 1. The Hall–Kier alpha value is -0.560. The molecule has 0 radical (unpaired) electrons. The summed E-state index contributed by atoms with van der Waals surface area (Å²) in [5.74, 6) is 0.481. The van der Waals surface area contributed by atoms with Crippen LogP contribution in [0.15, 0.2) is 22.7 Å². The summed E-state index contributed by atoms with van der Waals surface area (Å²) in [6.45, 7) is 2.15. The van der Waals surface area contributed by atoms with Gasteiger partial charge in [0.2, 0.25) is 0 Å². The summed E-state index contributed by atoms with van der Waals surface area (Å²) in [6.07, 6.45) is 2.86. The van der Waals surface area contributed by atoms with Gasteiger partial charge in [-0.3, -0.25) is 0 Å². The average molecular weight is 343 g/mol. The summed E-state index contributed by atoms with van der Waals surface area (Å²) in [5, 5.41) is 20.8. The van der Waals surface area contributed by atoms with Crippen molar-refractivity contribution in [1.29, 1.82) is 5.26 Å². The Kier molecular flexibility index (Phi) is 4.55. The van der Waals surface area contributed by atoms with Gasteiger partial charge in [-0.15, -0.1) is 0 Å². The molecule has 0 amide bonds. The highest BCUT2D eigenvalue weighted by molar-refractivity contribution is 9.10. The van der Waals surface area contributed by atoms with Crippen LogP contribution >= 0.6 is 27.5 Å². The minimum atomic E-state index is -0.772. The lowest BCUT2D eigenvalue weighted by molar-refractivity contribution is 0.0219. The smallest absolute Gasteiger partial charge is 0.0976 e. The highest BCUT2D eigenvalue weighted by Gasteiger charge is 2.42. The summed E-state index contributed by atoms with van der Waals surface area (Å²) < 4.78 is 0.799. The van der Waals surface area contributed by atoms with E-state index in [1.165, 1.54) is 0 Å². The third-order valence-corrected chi connectivity index (χ3v) is 5.27. The fourth-order valence-electron chi connectivity index (χ4n) is 3.00. The van der Waals surface area contributed by atoms with Crippen LogP contribution in [0.25, 0.3) is 0 Å². The van der Waals surface area contributed by atoms with Gasteiger partial charge >= 0.3 is 0 Å². The lowest BCUT2D eigenvalue weighted by atomic mass is 9.66. The summed E-state index contributed by atoms with van der Waals surface area (Å²) >= 11 is 9.41. The molecule has 1 aromatic carbocycles. The maximum atomic E-state index is 10.6. The molecule has 2 rings (SSSR count). The highest BCUT2D eigenvalue weighted by atomic mass is 79.9. The molecule has 4 heteroatoms. The second kappa shape index (κ2) is 5.83. The molecule has 1 aliphatic carbocycles. The minimum absolute atomic E-state index is 0.481. The molecule has 3 unspecified atom stereocenters. The van der Waals surface area contributed by atoms with Crippen molar-refractivity contribution in [2.75, 3.05) is 0 Å². The van der Waals surface area contributed by atoms with Crippen molar-refractivity contribution in [2.45, 2.75) is 38.7 Å².